The van der Waals surface area contributed by atoms with Crippen LogP contribution in [0, 0.1) is 5.92 Å². The van der Waals surface area contributed by atoms with E-state index in [4.69, 9.17) is 0 Å². The topological polar surface area (TPSA) is 12.0 Å². The highest BCUT2D eigenvalue weighted by Crippen LogP contribution is 2.27. The quantitative estimate of drug-likeness (QED) is 0.741. The van der Waals surface area contributed by atoms with Crippen molar-refractivity contribution >= 4 is 0 Å². The maximum Gasteiger partial charge on any atom is -0.00491 e. The smallest absolute Gasteiger partial charge is 0.00491 e. The number of rotatable bonds is 3. The second kappa shape index (κ2) is 3.93. The van der Waals surface area contributed by atoms with Crippen LogP contribution in [-0.4, -0.2) is 13.6 Å². The van der Waals surface area contributed by atoms with Gasteiger partial charge in [0.15, 0.2) is 0 Å². The molecule has 1 aliphatic rings. The van der Waals surface area contributed by atoms with Crippen LogP contribution in [0.15, 0.2) is 24.3 Å². The lowest BCUT2D eigenvalue weighted by Gasteiger charge is -2.06. The van der Waals surface area contributed by atoms with Crippen LogP contribution in [0.4, 0.5) is 0 Å². The third-order valence-corrected chi connectivity index (χ3v) is 2.94. The van der Waals surface area contributed by atoms with E-state index in [1.807, 2.05) is 7.05 Å². The predicted molar refractivity (Wildman–Crippen MR) is 55.9 cm³/mol. The van der Waals surface area contributed by atoms with Gasteiger partial charge in [-0.1, -0.05) is 24.3 Å². The first-order valence-corrected chi connectivity index (χ1v) is 5.11. The lowest BCUT2D eigenvalue weighted by Crippen LogP contribution is -2.13. The van der Waals surface area contributed by atoms with Gasteiger partial charge < -0.3 is 5.32 Å². The zero-order valence-electron chi connectivity index (χ0n) is 8.22. The third kappa shape index (κ3) is 1.92. The minimum Gasteiger partial charge on any atom is -0.320 e. The van der Waals surface area contributed by atoms with Gasteiger partial charge in [-0.3, -0.25) is 0 Å². The minimum atomic E-state index is 0.879. The molecule has 0 radical (unpaired) electrons. The molecule has 0 atom stereocenters. The molecule has 1 aromatic rings. The maximum absolute atomic E-state index is 3.22. The van der Waals surface area contributed by atoms with Crippen LogP contribution in [-0.2, 0) is 12.8 Å². The number of benzene rings is 1. The van der Waals surface area contributed by atoms with Gasteiger partial charge in [-0.05, 0) is 49.9 Å². The van der Waals surface area contributed by atoms with Crippen molar-refractivity contribution in [1.82, 2.24) is 5.32 Å². The van der Waals surface area contributed by atoms with E-state index in [0.29, 0.717) is 0 Å². The molecule has 0 saturated heterocycles. The van der Waals surface area contributed by atoms with Crippen molar-refractivity contribution < 1.29 is 0 Å². The summed E-state index contributed by atoms with van der Waals surface area (Å²) in [6.07, 6.45) is 3.89. The second-order valence-corrected chi connectivity index (χ2v) is 3.94. The Balaban J connectivity index is 1.97. The van der Waals surface area contributed by atoms with Gasteiger partial charge in [0.1, 0.15) is 0 Å². The van der Waals surface area contributed by atoms with E-state index in [-0.39, 0.29) is 0 Å². The first kappa shape index (κ1) is 8.76. The van der Waals surface area contributed by atoms with Gasteiger partial charge in [-0.2, -0.15) is 0 Å². The van der Waals surface area contributed by atoms with Crippen molar-refractivity contribution in [3.63, 3.8) is 0 Å². The Morgan fingerprint density at radius 2 is 1.85 bits per heavy atom. The van der Waals surface area contributed by atoms with Crippen LogP contribution < -0.4 is 5.32 Å². The summed E-state index contributed by atoms with van der Waals surface area (Å²) < 4.78 is 0. The molecular formula is C12H17N. The Labute approximate surface area is 80.2 Å². The number of fused-ring (bicyclic) bond motifs is 1. The summed E-state index contributed by atoms with van der Waals surface area (Å²) in [5, 5.41) is 3.22. The van der Waals surface area contributed by atoms with E-state index >= 15 is 0 Å². The first-order chi connectivity index (χ1) is 6.40. The first-order valence-electron chi connectivity index (χ1n) is 5.11. The highest BCUT2D eigenvalue weighted by Gasteiger charge is 2.19. The predicted octanol–water partition coefficient (Wildman–Crippen LogP) is 2.01. The van der Waals surface area contributed by atoms with Gasteiger partial charge in [-0.15, -0.1) is 0 Å². The fourth-order valence-electron chi connectivity index (χ4n) is 2.20. The standard InChI is InChI=1S/C12H17N/c1-13-7-6-10-8-11-4-2-3-5-12(11)9-10/h2-5,10,13H,6-9H2,1H3. The molecule has 1 aromatic carbocycles. The zero-order valence-corrected chi connectivity index (χ0v) is 8.22. The molecular weight excluding hydrogens is 158 g/mol. The highest BCUT2D eigenvalue weighted by molar-refractivity contribution is 5.31. The van der Waals surface area contributed by atoms with Gasteiger partial charge in [0.05, 0.1) is 0 Å². The summed E-state index contributed by atoms with van der Waals surface area (Å²) in [6, 6.07) is 8.85. The number of hydrogen-bond donors (Lipinski definition) is 1. The average Bonchev–Trinajstić information content (AvgIpc) is 2.57. The maximum atomic E-state index is 3.22. The van der Waals surface area contributed by atoms with Crippen LogP contribution in [0.3, 0.4) is 0 Å². The summed E-state index contributed by atoms with van der Waals surface area (Å²) >= 11 is 0. The van der Waals surface area contributed by atoms with E-state index in [0.717, 1.165) is 12.5 Å². The van der Waals surface area contributed by atoms with Crippen molar-refractivity contribution in [1.29, 1.82) is 0 Å². The van der Waals surface area contributed by atoms with Gasteiger partial charge in [-0.25, -0.2) is 0 Å². The molecule has 70 valence electrons. The molecule has 0 bridgehead atoms. The molecule has 0 fully saturated rings. The molecule has 0 amide bonds. The van der Waals surface area contributed by atoms with Crippen molar-refractivity contribution in [3.05, 3.63) is 35.4 Å². The summed E-state index contributed by atoms with van der Waals surface area (Å²) in [7, 11) is 2.03. The molecule has 0 spiro atoms. The largest absolute Gasteiger partial charge is 0.320 e. The van der Waals surface area contributed by atoms with Gasteiger partial charge in [0, 0.05) is 0 Å². The van der Waals surface area contributed by atoms with Crippen LogP contribution >= 0.6 is 0 Å². The van der Waals surface area contributed by atoms with Crippen molar-refractivity contribution in [2.45, 2.75) is 19.3 Å². The Morgan fingerprint density at radius 3 is 2.38 bits per heavy atom. The van der Waals surface area contributed by atoms with E-state index in [1.165, 1.54) is 19.3 Å². The average molecular weight is 175 g/mol. The lowest BCUT2D eigenvalue weighted by atomic mass is 10.0. The van der Waals surface area contributed by atoms with Crippen molar-refractivity contribution in [2.24, 2.45) is 5.92 Å². The summed E-state index contributed by atoms with van der Waals surface area (Å²) in [5.74, 6) is 0.879. The van der Waals surface area contributed by atoms with Crippen LogP contribution in [0.25, 0.3) is 0 Å². The molecule has 2 rings (SSSR count). The zero-order chi connectivity index (χ0) is 9.10. The van der Waals surface area contributed by atoms with E-state index in [1.54, 1.807) is 11.1 Å². The number of nitrogens with one attached hydrogen (secondary N) is 1. The summed E-state index contributed by atoms with van der Waals surface area (Å²) in [5.41, 5.74) is 3.15. The Hall–Kier alpha value is -0.820. The van der Waals surface area contributed by atoms with Crippen molar-refractivity contribution in [2.75, 3.05) is 13.6 Å². The van der Waals surface area contributed by atoms with Crippen LogP contribution in [0.2, 0.25) is 0 Å². The Morgan fingerprint density at radius 1 is 1.23 bits per heavy atom. The normalized spacial score (nSPS) is 16.1. The van der Waals surface area contributed by atoms with Gasteiger partial charge in [0.2, 0.25) is 0 Å². The monoisotopic (exact) mass is 175 g/mol. The van der Waals surface area contributed by atoms with E-state index in [2.05, 4.69) is 29.6 Å². The molecule has 0 heterocycles. The Bertz CT molecular complexity index is 255. The molecule has 1 N–H and O–H groups in total. The molecule has 1 heteroatoms. The van der Waals surface area contributed by atoms with E-state index < -0.39 is 0 Å². The highest BCUT2D eigenvalue weighted by atomic mass is 14.8. The molecule has 0 saturated carbocycles. The van der Waals surface area contributed by atoms with Crippen LogP contribution in [0.5, 0.6) is 0 Å². The molecule has 0 unspecified atom stereocenters. The third-order valence-electron chi connectivity index (χ3n) is 2.94. The molecule has 0 aliphatic heterocycles. The minimum absolute atomic E-state index is 0.879. The molecule has 1 nitrogen and oxygen atoms in total. The fourth-order valence-corrected chi connectivity index (χ4v) is 2.20. The SMILES string of the molecule is CNCCC1Cc2ccccc2C1. The van der Waals surface area contributed by atoms with Crippen LogP contribution in [0.1, 0.15) is 17.5 Å². The van der Waals surface area contributed by atoms with Gasteiger partial charge in [0.25, 0.3) is 0 Å². The second-order valence-electron chi connectivity index (χ2n) is 3.94. The van der Waals surface area contributed by atoms with E-state index in [9.17, 15) is 0 Å². The lowest BCUT2D eigenvalue weighted by molar-refractivity contribution is 0.500. The fraction of sp³-hybridized carbons (Fsp3) is 0.500. The molecule has 0 aromatic heterocycles. The summed E-state index contributed by atoms with van der Waals surface area (Å²) in [4.78, 5) is 0. The van der Waals surface area contributed by atoms with Crippen molar-refractivity contribution in [3.8, 4) is 0 Å². The summed E-state index contributed by atoms with van der Waals surface area (Å²) in [6.45, 7) is 1.15. The van der Waals surface area contributed by atoms with Gasteiger partial charge >= 0.3 is 0 Å². The number of hydrogen-bond acceptors (Lipinski definition) is 1. The molecule has 1 aliphatic carbocycles. The molecule has 13 heavy (non-hydrogen) atoms. The Kier molecular flexibility index (Phi) is 2.65.